The van der Waals surface area contributed by atoms with Gasteiger partial charge in [0, 0.05) is 47.8 Å². The predicted molar refractivity (Wildman–Crippen MR) is 178 cm³/mol. The maximum Gasteiger partial charge on any atom is 0.516 e. The first-order valence-corrected chi connectivity index (χ1v) is 17.4. The van der Waals surface area contributed by atoms with E-state index in [0.717, 1.165) is 40.5 Å². The molecule has 3 heterocycles. The zero-order valence-corrected chi connectivity index (χ0v) is 28.3. The second-order valence-electron chi connectivity index (χ2n) is 10.5. The molecule has 0 fully saturated rings. The monoisotopic (exact) mass is 734 g/mol. The van der Waals surface area contributed by atoms with Gasteiger partial charge in [-0.2, -0.15) is 21.6 Å². The SMILES string of the molecule is CCCc1nc(C)c(/C=C(\Cc2cccs2)C(=O)NC)n1Cc1ccc2oc(-c3ccccc3NS(=O)(=O)C(F)(F)F)c(Br)c2c1. The fraction of sp³-hybridized carbons (Fsp3) is 0.250. The first-order chi connectivity index (χ1) is 21.8. The van der Waals surface area contributed by atoms with E-state index in [1.807, 2.05) is 42.6 Å². The van der Waals surface area contributed by atoms with Crippen LogP contribution in [0.25, 0.3) is 28.4 Å². The number of fused-ring (bicyclic) bond motifs is 1. The molecule has 2 N–H and O–H groups in total. The van der Waals surface area contributed by atoms with Crippen LogP contribution >= 0.6 is 27.3 Å². The maximum atomic E-state index is 13.1. The van der Waals surface area contributed by atoms with Gasteiger partial charge in [-0.05, 0) is 76.6 Å². The van der Waals surface area contributed by atoms with E-state index >= 15 is 0 Å². The molecule has 0 spiro atoms. The van der Waals surface area contributed by atoms with Gasteiger partial charge in [0.05, 0.1) is 21.5 Å². The van der Waals surface area contributed by atoms with Crippen molar-refractivity contribution >= 4 is 65.9 Å². The summed E-state index contributed by atoms with van der Waals surface area (Å²) in [6.45, 7) is 4.41. The quantitative estimate of drug-likeness (QED) is 0.134. The maximum absolute atomic E-state index is 13.1. The fourth-order valence-corrected chi connectivity index (χ4v) is 7.00. The Kier molecular flexibility index (Phi) is 9.80. The van der Waals surface area contributed by atoms with Gasteiger partial charge in [0.15, 0.2) is 5.76 Å². The van der Waals surface area contributed by atoms with Crippen LogP contribution in [-0.2, 0) is 34.2 Å². The summed E-state index contributed by atoms with van der Waals surface area (Å²) in [5, 5.41) is 5.36. The average molecular weight is 736 g/mol. The number of aryl methyl sites for hydroxylation is 2. The van der Waals surface area contributed by atoms with Crippen molar-refractivity contribution in [3.63, 3.8) is 0 Å². The molecule has 1 amide bonds. The molecule has 0 saturated carbocycles. The highest BCUT2D eigenvalue weighted by Gasteiger charge is 2.46. The number of imidazole rings is 1. The Morgan fingerprint density at radius 2 is 1.91 bits per heavy atom. The van der Waals surface area contributed by atoms with Crippen molar-refractivity contribution in [3.05, 3.63) is 97.7 Å². The highest BCUT2D eigenvalue weighted by atomic mass is 79.9. The Morgan fingerprint density at radius 3 is 2.59 bits per heavy atom. The van der Waals surface area contributed by atoms with Gasteiger partial charge in [-0.15, -0.1) is 11.3 Å². The van der Waals surface area contributed by atoms with E-state index in [9.17, 15) is 26.4 Å². The lowest BCUT2D eigenvalue weighted by molar-refractivity contribution is -0.117. The van der Waals surface area contributed by atoms with Crippen LogP contribution in [0.2, 0.25) is 0 Å². The summed E-state index contributed by atoms with van der Waals surface area (Å²) in [5.41, 5.74) is -2.07. The molecular formula is C32H30BrF3N4O4S2. The Hall–Kier alpha value is -3.88. The molecule has 0 aliphatic heterocycles. The first-order valence-electron chi connectivity index (χ1n) is 14.2. The Labute approximate surface area is 276 Å². The molecule has 0 atom stereocenters. The van der Waals surface area contributed by atoms with Crippen molar-refractivity contribution < 1.29 is 30.8 Å². The smallest absolute Gasteiger partial charge is 0.455 e. The lowest BCUT2D eigenvalue weighted by Gasteiger charge is -2.13. The third kappa shape index (κ3) is 6.93. The molecule has 3 aromatic heterocycles. The summed E-state index contributed by atoms with van der Waals surface area (Å²) in [7, 11) is -4.05. The van der Waals surface area contributed by atoms with Crippen LogP contribution in [0, 0.1) is 6.92 Å². The highest BCUT2D eigenvalue weighted by Crippen LogP contribution is 2.42. The number of nitrogens with one attached hydrogen (secondary N) is 2. The molecule has 0 radical (unpaired) electrons. The number of rotatable bonds is 11. The lowest BCUT2D eigenvalue weighted by atomic mass is 10.1. The molecule has 0 saturated heterocycles. The van der Waals surface area contributed by atoms with Crippen molar-refractivity contribution in [3.8, 4) is 11.3 Å². The molecule has 5 rings (SSSR count). The molecule has 14 heteroatoms. The van der Waals surface area contributed by atoms with Crippen molar-refractivity contribution in [1.82, 2.24) is 14.9 Å². The molecular weight excluding hydrogens is 705 g/mol. The van der Waals surface area contributed by atoms with E-state index in [2.05, 4.69) is 32.7 Å². The number of aromatic nitrogens is 2. The van der Waals surface area contributed by atoms with Gasteiger partial charge in [-0.3, -0.25) is 9.52 Å². The van der Waals surface area contributed by atoms with Crippen molar-refractivity contribution in [2.45, 2.75) is 45.2 Å². The molecule has 0 unspecified atom stereocenters. The van der Waals surface area contributed by atoms with E-state index in [-0.39, 0.29) is 22.9 Å². The number of para-hydroxylation sites is 1. The summed E-state index contributed by atoms with van der Waals surface area (Å²) >= 11 is 5.12. The lowest BCUT2D eigenvalue weighted by Crippen LogP contribution is -2.30. The standard InChI is InChI=1S/C32H30BrF3N4O4S2/c1-4-8-28-38-19(2)26(17-21(31(41)37-3)16-22-9-7-14-45-22)40(28)18-20-12-13-27-24(15-20)29(33)30(44-27)23-10-5-6-11-25(23)39-46(42,43)32(34,35)36/h5-7,9-15,17,39H,4,8,16,18H2,1-3H3,(H,37,41)/b21-17+. The third-order valence-corrected chi connectivity index (χ3v) is 10.0. The molecule has 0 bridgehead atoms. The minimum atomic E-state index is -5.65. The van der Waals surface area contributed by atoms with Gasteiger partial charge >= 0.3 is 15.5 Å². The molecule has 0 aliphatic carbocycles. The number of carbonyl (C=O) groups excluding carboxylic acids is 1. The average Bonchev–Trinajstić information content (AvgIpc) is 3.71. The van der Waals surface area contributed by atoms with Crippen LogP contribution in [0.3, 0.4) is 0 Å². The molecule has 2 aromatic carbocycles. The second-order valence-corrected chi connectivity index (χ2v) is 14.0. The van der Waals surface area contributed by atoms with Crippen molar-refractivity contribution in [2.75, 3.05) is 11.8 Å². The number of alkyl halides is 3. The molecule has 5 aromatic rings. The largest absolute Gasteiger partial charge is 0.516 e. The van der Waals surface area contributed by atoms with Crippen LogP contribution in [-0.4, -0.2) is 36.4 Å². The van der Waals surface area contributed by atoms with Gasteiger partial charge in [-0.25, -0.2) is 4.98 Å². The minimum Gasteiger partial charge on any atom is -0.455 e. The van der Waals surface area contributed by atoms with Crippen molar-refractivity contribution in [2.24, 2.45) is 0 Å². The van der Waals surface area contributed by atoms with Gasteiger partial charge in [0.25, 0.3) is 0 Å². The first kappa shape index (κ1) is 33.5. The summed E-state index contributed by atoms with van der Waals surface area (Å²) in [4.78, 5) is 18.8. The zero-order chi connectivity index (χ0) is 33.2. The number of benzene rings is 2. The summed E-state index contributed by atoms with van der Waals surface area (Å²) in [6, 6.07) is 15.2. The number of hydrogen-bond donors (Lipinski definition) is 2. The van der Waals surface area contributed by atoms with Crippen LogP contribution in [0.1, 0.15) is 41.0 Å². The number of nitrogens with zero attached hydrogens (tertiary/aromatic N) is 2. The molecule has 8 nitrogen and oxygen atoms in total. The van der Waals surface area contributed by atoms with Gasteiger partial charge in [0.2, 0.25) is 5.91 Å². The van der Waals surface area contributed by atoms with Crippen LogP contribution in [0.15, 0.2) is 74.4 Å². The number of thiophene rings is 1. The number of hydrogen-bond acceptors (Lipinski definition) is 6. The molecule has 46 heavy (non-hydrogen) atoms. The van der Waals surface area contributed by atoms with Crippen LogP contribution in [0.5, 0.6) is 0 Å². The van der Waals surface area contributed by atoms with Gasteiger partial charge in [0.1, 0.15) is 11.4 Å². The van der Waals surface area contributed by atoms with Crippen LogP contribution < -0.4 is 10.0 Å². The number of anilines is 1. The fourth-order valence-electron chi connectivity index (χ4n) is 5.08. The number of amides is 1. The number of sulfonamides is 1. The van der Waals surface area contributed by atoms with E-state index < -0.39 is 15.5 Å². The summed E-state index contributed by atoms with van der Waals surface area (Å²) in [5.74, 6) is 0.869. The second kappa shape index (κ2) is 13.5. The zero-order valence-electron chi connectivity index (χ0n) is 25.0. The minimum absolute atomic E-state index is 0.135. The van der Waals surface area contributed by atoms with E-state index in [0.29, 0.717) is 34.0 Å². The molecule has 0 aliphatic rings. The number of furan rings is 1. The Morgan fingerprint density at radius 1 is 1.15 bits per heavy atom. The summed E-state index contributed by atoms with van der Waals surface area (Å²) < 4.78 is 73.3. The van der Waals surface area contributed by atoms with Crippen LogP contribution in [0.4, 0.5) is 18.9 Å². The van der Waals surface area contributed by atoms with E-state index in [1.54, 1.807) is 35.2 Å². The van der Waals surface area contributed by atoms with Gasteiger partial charge in [-0.1, -0.05) is 31.2 Å². The van der Waals surface area contributed by atoms with Crippen molar-refractivity contribution in [1.29, 1.82) is 0 Å². The summed E-state index contributed by atoms with van der Waals surface area (Å²) in [6.07, 6.45) is 3.96. The molecule has 242 valence electrons. The van der Waals surface area contributed by atoms with E-state index in [4.69, 9.17) is 9.40 Å². The Balaban J connectivity index is 1.55. The number of halogens is 4. The topological polar surface area (TPSA) is 106 Å². The Bertz CT molecular complexity index is 2030. The van der Waals surface area contributed by atoms with Gasteiger partial charge < -0.3 is 14.3 Å². The number of likely N-dealkylation sites (N-methyl/N-ethyl adjacent to an activating group) is 1. The predicted octanol–water partition coefficient (Wildman–Crippen LogP) is 8.06. The highest BCUT2D eigenvalue weighted by molar-refractivity contribution is 9.10. The third-order valence-electron chi connectivity index (χ3n) is 7.27. The van der Waals surface area contributed by atoms with E-state index in [1.165, 1.54) is 18.2 Å². The normalized spacial score (nSPS) is 12.5. The number of carbonyl (C=O) groups is 1.